The van der Waals surface area contributed by atoms with Crippen LogP contribution in [0.2, 0.25) is 0 Å². The van der Waals surface area contributed by atoms with E-state index in [0.717, 1.165) is 39.3 Å². The highest BCUT2D eigenvalue weighted by molar-refractivity contribution is 4.75. The van der Waals surface area contributed by atoms with Gasteiger partial charge in [0.2, 0.25) is 0 Å². The molecule has 0 bridgehead atoms. The molecule has 1 aliphatic rings. The minimum absolute atomic E-state index is 0.585. The second kappa shape index (κ2) is 7.82. The lowest BCUT2D eigenvalue weighted by atomic mass is 10.1. The van der Waals surface area contributed by atoms with Crippen LogP contribution in [0.25, 0.3) is 0 Å². The summed E-state index contributed by atoms with van der Waals surface area (Å²) in [5, 5.41) is 3.58. The first-order chi connectivity index (χ1) is 7.74. The Bertz CT molecular complexity index is 190. The van der Waals surface area contributed by atoms with Crippen LogP contribution in [-0.2, 0) is 4.74 Å². The first-order valence-corrected chi connectivity index (χ1v) is 6.40. The Morgan fingerprint density at radius 1 is 1.38 bits per heavy atom. The largest absolute Gasteiger partial charge is 0.379 e. The van der Waals surface area contributed by atoms with Crippen molar-refractivity contribution >= 4 is 0 Å². The molecule has 2 atom stereocenters. The lowest BCUT2D eigenvalue weighted by molar-refractivity contribution is 0.0200. The van der Waals surface area contributed by atoms with Crippen LogP contribution in [0, 0.1) is 0 Å². The molecule has 3 heteroatoms. The van der Waals surface area contributed by atoms with E-state index in [1.165, 1.54) is 6.42 Å². The van der Waals surface area contributed by atoms with Crippen molar-refractivity contribution in [1.29, 1.82) is 0 Å². The number of nitrogens with zero attached hydrogens (tertiary/aromatic N) is 1. The van der Waals surface area contributed by atoms with Crippen molar-refractivity contribution in [2.24, 2.45) is 0 Å². The summed E-state index contributed by atoms with van der Waals surface area (Å²) < 4.78 is 5.36. The van der Waals surface area contributed by atoms with Crippen LogP contribution in [-0.4, -0.2) is 49.8 Å². The molecule has 3 nitrogen and oxygen atoms in total. The molecule has 0 aromatic rings. The quantitative estimate of drug-likeness (QED) is 0.668. The number of hydrogen-bond donors (Lipinski definition) is 1. The van der Waals surface area contributed by atoms with Crippen molar-refractivity contribution in [3.8, 4) is 0 Å². The highest BCUT2D eigenvalue weighted by Gasteiger charge is 2.16. The third kappa shape index (κ3) is 5.10. The minimum Gasteiger partial charge on any atom is -0.379 e. The summed E-state index contributed by atoms with van der Waals surface area (Å²) in [7, 11) is 0. The number of hydrogen-bond acceptors (Lipinski definition) is 3. The van der Waals surface area contributed by atoms with E-state index in [1.807, 2.05) is 6.08 Å². The molecular formula is C13H26N2O. The molecule has 16 heavy (non-hydrogen) atoms. The predicted molar refractivity (Wildman–Crippen MR) is 68.7 cm³/mol. The van der Waals surface area contributed by atoms with Crippen LogP contribution >= 0.6 is 0 Å². The first-order valence-electron chi connectivity index (χ1n) is 6.40. The monoisotopic (exact) mass is 226 g/mol. The van der Waals surface area contributed by atoms with E-state index < -0.39 is 0 Å². The Labute approximate surface area is 99.8 Å². The van der Waals surface area contributed by atoms with Gasteiger partial charge in [-0.2, -0.15) is 0 Å². The summed E-state index contributed by atoms with van der Waals surface area (Å²) in [5.74, 6) is 0. The number of morpholine rings is 1. The minimum atomic E-state index is 0.585. The molecule has 0 spiro atoms. The van der Waals surface area contributed by atoms with Crippen molar-refractivity contribution in [3.05, 3.63) is 12.7 Å². The molecule has 1 heterocycles. The van der Waals surface area contributed by atoms with E-state index in [9.17, 15) is 0 Å². The van der Waals surface area contributed by atoms with Crippen molar-refractivity contribution in [2.45, 2.75) is 38.8 Å². The van der Waals surface area contributed by atoms with Crippen molar-refractivity contribution in [2.75, 3.05) is 32.8 Å². The highest BCUT2D eigenvalue weighted by atomic mass is 16.5. The second-order valence-corrected chi connectivity index (χ2v) is 4.67. The molecule has 0 amide bonds. The molecule has 0 aliphatic carbocycles. The smallest absolute Gasteiger partial charge is 0.0594 e. The Morgan fingerprint density at radius 3 is 2.69 bits per heavy atom. The first kappa shape index (κ1) is 13.7. The molecule has 0 aromatic carbocycles. The fourth-order valence-electron chi connectivity index (χ4n) is 1.99. The van der Waals surface area contributed by atoms with Gasteiger partial charge in [-0.3, -0.25) is 4.90 Å². The van der Waals surface area contributed by atoms with Gasteiger partial charge in [0.25, 0.3) is 0 Å². The zero-order valence-corrected chi connectivity index (χ0v) is 10.7. The van der Waals surface area contributed by atoms with Gasteiger partial charge in [0, 0.05) is 31.7 Å². The number of ether oxygens (including phenoxy) is 1. The number of nitrogens with one attached hydrogen (secondary N) is 1. The molecular weight excluding hydrogens is 200 g/mol. The Balaban J connectivity index is 2.12. The molecule has 2 unspecified atom stereocenters. The Hall–Kier alpha value is -0.380. The fourth-order valence-corrected chi connectivity index (χ4v) is 1.99. The predicted octanol–water partition coefficient (Wildman–Crippen LogP) is 1.65. The van der Waals surface area contributed by atoms with E-state index in [4.69, 9.17) is 4.74 Å². The average Bonchev–Trinajstić information content (AvgIpc) is 2.34. The summed E-state index contributed by atoms with van der Waals surface area (Å²) in [4.78, 5) is 2.50. The van der Waals surface area contributed by atoms with Crippen LogP contribution in [0.1, 0.15) is 26.7 Å². The van der Waals surface area contributed by atoms with E-state index in [0.29, 0.717) is 12.1 Å². The molecule has 1 saturated heterocycles. The van der Waals surface area contributed by atoms with Crippen molar-refractivity contribution < 1.29 is 4.74 Å². The van der Waals surface area contributed by atoms with Crippen LogP contribution < -0.4 is 5.32 Å². The van der Waals surface area contributed by atoms with Gasteiger partial charge in [-0.15, -0.1) is 6.58 Å². The van der Waals surface area contributed by atoms with Crippen LogP contribution in [0.5, 0.6) is 0 Å². The number of allylic oxidation sites excluding steroid dienone is 1. The third-order valence-corrected chi connectivity index (χ3v) is 3.23. The summed E-state index contributed by atoms with van der Waals surface area (Å²) in [5.41, 5.74) is 0. The van der Waals surface area contributed by atoms with Gasteiger partial charge in [0.1, 0.15) is 0 Å². The molecule has 1 aliphatic heterocycles. The summed E-state index contributed by atoms with van der Waals surface area (Å²) in [6, 6.07) is 1.19. The zero-order valence-electron chi connectivity index (χ0n) is 10.7. The molecule has 0 aromatic heterocycles. The van der Waals surface area contributed by atoms with E-state index in [-0.39, 0.29) is 0 Å². The van der Waals surface area contributed by atoms with E-state index in [2.05, 4.69) is 30.6 Å². The molecule has 0 saturated carbocycles. The fraction of sp³-hybridized carbons (Fsp3) is 0.846. The topological polar surface area (TPSA) is 24.5 Å². The SMILES string of the molecule is C=CCCC(C)NCC(C)N1CCOCC1. The van der Waals surface area contributed by atoms with Gasteiger partial charge in [0.05, 0.1) is 13.2 Å². The lowest BCUT2D eigenvalue weighted by Gasteiger charge is -2.33. The second-order valence-electron chi connectivity index (χ2n) is 4.67. The lowest BCUT2D eigenvalue weighted by Crippen LogP contribution is -2.47. The van der Waals surface area contributed by atoms with E-state index in [1.54, 1.807) is 0 Å². The Kier molecular flexibility index (Phi) is 6.69. The van der Waals surface area contributed by atoms with Gasteiger partial charge >= 0.3 is 0 Å². The molecule has 0 radical (unpaired) electrons. The maximum atomic E-state index is 5.36. The van der Waals surface area contributed by atoms with Crippen molar-refractivity contribution in [3.63, 3.8) is 0 Å². The molecule has 1 fully saturated rings. The Morgan fingerprint density at radius 2 is 2.06 bits per heavy atom. The molecule has 1 N–H and O–H groups in total. The zero-order chi connectivity index (χ0) is 11.8. The van der Waals surface area contributed by atoms with Gasteiger partial charge < -0.3 is 10.1 Å². The van der Waals surface area contributed by atoms with Gasteiger partial charge in [-0.25, -0.2) is 0 Å². The van der Waals surface area contributed by atoms with Crippen molar-refractivity contribution in [1.82, 2.24) is 10.2 Å². The maximum absolute atomic E-state index is 5.36. The highest BCUT2D eigenvalue weighted by Crippen LogP contribution is 2.03. The third-order valence-electron chi connectivity index (χ3n) is 3.23. The molecule has 1 rings (SSSR count). The van der Waals surface area contributed by atoms with E-state index >= 15 is 0 Å². The molecule has 94 valence electrons. The van der Waals surface area contributed by atoms with Crippen LogP contribution in [0.15, 0.2) is 12.7 Å². The summed E-state index contributed by atoms with van der Waals surface area (Å²) in [6.45, 7) is 13.3. The average molecular weight is 226 g/mol. The van der Waals surface area contributed by atoms with Crippen LogP contribution in [0.4, 0.5) is 0 Å². The summed E-state index contributed by atoms with van der Waals surface area (Å²) >= 11 is 0. The normalized spacial score (nSPS) is 21.6. The number of rotatable bonds is 7. The van der Waals surface area contributed by atoms with Gasteiger partial charge in [-0.1, -0.05) is 6.08 Å². The summed E-state index contributed by atoms with van der Waals surface area (Å²) in [6.07, 6.45) is 4.27. The van der Waals surface area contributed by atoms with Gasteiger partial charge in [-0.05, 0) is 26.7 Å². The van der Waals surface area contributed by atoms with Crippen LogP contribution in [0.3, 0.4) is 0 Å². The maximum Gasteiger partial charge on any atom is 0.0594 e. The standard InChI is InChI=1S/C13H26N2O/c1-4-5-6-12(2)14-11-13(3)15-7-9-16-10-8-15/h4,12-14H,1,5-11H2,2-3H3. The van der Waals surface area contributed by atoms with Gasteiger partial charge in [0.15, 0.2) is 0 Å².